The van der Waals surface area contributed by atoms with Gasteiger partial charge in [0.1, 0.15) is 5.78 Å². The molecule has 6 heteroatoms. The number of hydrogen-bond donors (Lipinski definition) is 1. The third kappa shape index (κ3) is 12.8. The fraction of sp³-hybridized carbons (Fsp3) is 0.565. The van der Waals surface area contributed by atoms with Crippen molar-refractivity contribution in [1.29, 1.82) is 0 Å². The number of ketones is 1. The number of carbonyl (C=O) groups is 2. The minimum absolute atomic E-state index is 0.149. The number of esters is 1. The predicted octanol–water partition coefficient (Wildman–Crippen LogP) is 4.90. The summed E-state index contributed by atoms with van der Waals surface area (Å²) in [5.41, 5.74) is 2.58. The number of benzene rings is 1. The molecule has 29 heavy (non-hydrogen) atoms. The molecule has 1 aliphatic rings. The molecule has 0 N–H and O–H groups in total. The van der Waals surface area contributed by atoms with Crippen molar-refractivity contribution >= 4 is 36.1 Å². The van der Waals surface area contributed by atoms with Gasteiger partial charge >= 0.3 is 5.97 Å². The van der Waals surface area contributed by atoms with Crippen molar-refractivity contribution in [2.45, 2.75) is 45.1 Å². The maximum absolute atomic E-state index is 11.2. The van der Waals surface area contributed by atoms with E-state index in [0.29, 0.717) is 24.1 Å². The highest BCUT2D eigenvalue weighted by Crippen LogP contribution is 2.23. The van der Waals surface area contributed by atoms with Gasteiger partial charge in [0.25, 0.3) is 0 Å². The summed E-state index contributed by atoms with van der Waals surface area (Å²) in [5.74, 6) is 3.09. The van der Waals surface area contributed by atoms with Gasteiger partial charge in [0, 0.05) is 20.0 Å². The third-order valence-corrected chi connectivity index (χ3v) is 5.82. The number of hydrogen-bond acceptors (Lipinski definition) is 6. The summed E-state index contributed by atoms with van der Waals surface area (Å²) < 4.78 is 9.59. The van der Waals surface area contributed by atoms with Crippen LogP contribution in [0.25, 0.3) is 0 Å². The number of carbonyl (C=O) groups excluding carboxylic acids is 2. The maximum Gasteiger partial charge on any atom is 0.315 e. The summed E-state index contributed by atoms with van der Waals surface area (Å²) in [7, 11) is 3.12. The molecule has 2 rings (SSSR count). The molecule has 0 aliphatic heterocycles. The van der Waals surface area contributed by atoms with Crippen LogP contribution in [0.15, 0.2) is 36.4 Å². The molecule has 0 heterocycles. The van der Waals surface area contributed by atoms with E-state index in [4.69, 9.17) is 4.74 Å². The first-order chi connectivity index (χ1) is 14.1. The van der Waals surface area contributed by atoms with Crippen LogP contribution in [-0.2, 0) is 32.1 Å². The number of ether oxygens (including phenoxy) is 2. The Morgan fingerprint density at radius 3 is 2.76 bits per heavy atom. The molecule has 0 spiro atoms. The van der Waals surface area contributed by atoms with Gasteiger partial charge in [-0.15, -0.1) is 0 Å². The van der Waals surface area contributed by atoms with E-state index in [1.165, 1.54) is 18.2 Å². The van der Waals surface area contributed by atoms with Crippen molar-refractivity contribution in [3.05, 3.63) is 47.5 Å². The van der Waals surface area contributed by atoms with Crippen molar-refractivity contribution in [2.24, 2.45) is 5.92 Å². The molecule has 1 atom stereocenters. The lowest BCUT2D eigenvalue weighted by Gasteiger charge is -2.04. The van der Waals surface area contributed by atoms with Gasteiger partial charge < -0.3 is 9.47 Å². The molecule has 0 aromatic heterocycles. The average molecular weight is 439 g/mol. The Morgan fingerprint density at radius 1 is 1.31 bits per heavy atom. The van der Waals surface area contributed by atoms with Gasteiger partial charge in [0.05, 0.1) is 19.5 Å². The van der Waals surface area contributed by atoms with Gasteiger partial charge in [-0.05, 0) is 54.2 Å². The van der Waals surface area contributed by atoms with Crippen molar-refractivity contribution in [2.75, 3.05) is 31.5 Å². The minimum Gasteiger partial charge on any atom is -0.468 e. The van der Waals surface area contributed by atoms with Crippen molar-refractivity contribution in [3.8, 4) is 0 Å². The molecular formula is C23H34O4S2. The van der Waals surface area contributed by atoms with Crippen LogP contribution in [0.2, 0.25) is 0 Å². The molecule has 1 aromatic carbocycles. The van der Waals surface area contributed by atoms with Crippen molar-refractivity contribution in [3.63, 3.8) is 0 Å². The summed E-state index contributed by atoms with van der Waals surface area (Å²) in [4.78, 5) is 21.7. The molecule has 0 radical (unpaired) electrons. The van der Waals surface area contributed by atoms with E-state index in [2.05, 4.69) is 53.8 Å². The molecule has 162 valence electrons. The van der Waals surface area contributed by atoms with Crippen LogP contribution < -0.4 is 0 Å². The number of aryl methyl sites for hydroxylation is 1. The molecule has 0 amide bonds. The zero-order valence-corrected chi connectivity index (χ0v) is 19.3. The highest BCUT2D eigenvalue weighted by atomic mass is 32.2. The Bertz CT molecular complexity index is 631. The highest BCUT2D eigenvalue weighted by molar-refractivity contribution is 7.99. The van der Waals surface area contributed by atoms with Crippen molar-refractivity contribution < 1.29 is 19.1 Å². The lowest BCUT2D eigenvalue weighted by atomic mass is 10.0. The maximum atomic E-state index is 11.2. The second-order valence-corrected chi connectivity index (χ2v) is 8.52. The summed E-state index contributed by atoms with van der Waals surface area (Å²) in [6.45, 7) is 0.674. The fourth-order valence-electron chi connectivity index (χ4n) is 2.97. The van der Waals surface area contributed by atoms with Gasteiger partial charge in [0.2, 0.25) is 0 Å². The number of thioether (sulfide) groups is 1. The SMILES string of the molecule is COC(=O)CSCCCS.COCc1cccc(CC/C=C/[C@H]2CCC(=O)C2)c1. The first-order valence-electron chi connectivity index (χ1n) is 10.1. The Balaban J connectivity index is 0.000000359. The van der Waals surface area contributed by atoms with E-state index in [1.807, 2.05) is 0 Å². The Kier molecular flexibility index (Phi) is 14.7. The van der Waals surface area contributed by atoms with Crippen LogP contribution >= 0.6 is 24.4 Å². The van der Waals surface area contributed by atoms with Gasteiger partial charge in [0.15, 0.2) is 0 Å². The molecule has 0 bridgehead atoms. The van der Waals surface area contributed by atoms with Crippen LogP contribution in [0.4, 0.5) is 0 Å². The average Bonchev–Trinajstić information content (AvgIpc) is 3.14. The normalized spacial score (nSPS) is 16.0. The van der Waals surface area contributed by atoms with Gasteiger partial charge in [-0.3, -0.25) is 9.59 Å². The number of allylic oxidation sites excluding steroid dienone is 2. The van der Waals surface area contributed by atoms with Crippen LogP contribution in [0.1, 0.15) is 43.2 Å². The van der Waals surface area contributed by atoms with E-state index < -0.39 is 0 Å². The first kappa shape index (κ1) is 25.8. The topological polar surface area (TPSA) is 52.6 Å². The quantitative estimate of drug-likeness (QED) is 0.230. The Morgan fingerprint density at radius 2 is 2.10 bits per heavy atom. The molecule has 0 unspecified atom stereocenters. The second kappa shape index (κ2) is 16.5. The number of Topliss-reactive ketones (excluding diaryl/α,β-unsaturated/α-hetero) is 1. The first-order valence-corrected chi connectivity index (χ1v) is 11.9. The summed E-state index contributed by atoms with van der Waals surface area (Å²) in [6, 6.07) is 8.54. The van der Waals surface area contributed by atoms with E-state index >= 15 is 0 Å². The standard InChI is InChI=1S/C17H22O2.C6H12O2S2/c1-19-13-16-8-4-7-14(11-16)5-2-3-6-15-9-10-17(18)12-15;1-8-6(7)5-10-4-2-3-9/h3-4,6-8,11,15H,2,5,9-10,12-13H2,1H3;9H,2-5H2,1H3/b6-3+;/t15-;/m0./s1. The minimum atomic E-state index is -0.149. The lowest BCUT2D eigenvalue weighted by Crippen LogP contribution is -2.03. The van der Waals surface area contributed by atoms with Crippen LogP contribution in [0.3, 0.4) is 0 Å². The molecule has 1 saturated carbocycles. The zero-order chi connectivity index (χ0) is 21.3. The van der Waals surface area contributed by atoms with Crippen LogP contribution in [0.5, 0.6) is 0 Å². The summed E-state index contributed by atoms with van der Waals surface area (Å²) in [5, 5.41) is 0. The lowest BCUT2D eigenvalue weighted by molar-refractivity contribution is -0.137. The molecule has 4 nitrogen and oxygen atoms in total. The van der Waals surface area contributed by atoms with E-state index in [0.717, 1.165) is 50.0 Å². The van der Waals surface area contributed by atoms with E-state index in [9.17, 15) is 9.59 Å². The summed E-state index contributed by atoms with van der Waals surface area (Å²) >= 11 is 5.63. The van der Waals surface area contributed by atoms with Crippen LogP contribution in [0, 0.1) is 5.92 Å². The van der Waals surface area contributed by atoms with Gasteiger partial charge in [-0.1, -0.05) is 36.4 Å². The number of thiol groups is 1. The zero-order valence-electron chi connectivity index (χ0n) is 17.6. The van der Waals surface area contributed by atoms with Gasteiger partial charge in [-0.2, -0.15) is 24.4 Å². The number of methoxy groups -OCH3 is 2. The Labute approximate surface area is 185 Å². The molecule has 0 saturated heterocycles. The predicted molar refractivity (Wildman–Crippen MR) is 125 cm³/mol. The monoisotopic (exact) mass is 438 g/mol. The van der Waals surface area contributed by atoms with Gasteiger partial charge in [-0.25, -0.2) is 0 Å². The smallest absolute Gasteiger partial charge is 0.315 e. The van der Waals surface area contributed by atoms with E-state index in [1.54, 1.807) is 18.9 Å². The largest absolute Gasteiger partial charge is 0.468 e. The van der Waals surface area contributed by atoms with E-state index in [-0.39, 0.29) is 5.97 Å². The molecule has 1 aliphatic carbocycles. The summed E-state index contributed by atoms with van der Waals surface area (Å²) in [6.07, 6.45) is 10.2. The molecule has 1 fully saturated rings. The second-order valence-electron chi connectivity index (χ2n) is 6.97. The van der Waals surface area contributed by atoms with Crippen LogP contribution in [-0.4, -0.2) is 43.2 Å². The molecule has 1 aromatic rings. The third-order valence-electron chi connectivity index (χ3n) is 4.49. The fourth-order valence-corrected chi connectivity index (χ4v) is 4.12. The number of rotatable bonds is 11. The van der Waals surface area contributed by atoms with Crippen molar-refractivity contribution in [1.82, 2.24) is 0 Å². The Hall–Kier alpha value is -1.24. The molecular weight excluding hydrogens is 404 g/mol. The highest BCUT2D eigenvalue weighted by Gasteiger charge is 2.18.